The minimum atomic E-state index is -0.0915. The van der Waals surface area contributed by atoms with Gasteiger partial charge in [0.05, 0.1) is 38.8 Å². The van der Waals surface area contributed by atoms with E-state index in [1.54, 1.807) is 29.9 Å². The van der Waals surface area contributed by atoms with Gasteiger partial charge in [-0.2, -0.15) is 0 Å². The first-order valence-corrected chi connectivity index (χ1v) is 10.8. The molecule has 1 aliphatic heterocycles. The lowest BCUT2D eigenvalue weighted by molar-refractivity contribution is 0.122. The van der Waals surface area contributed by atoms with Crippen molar-refractivity contribution in [3.63, 3.8) is 0 Å². The summed E-state index contributed by atoms with van der Waals surface area (Å²) in [5.41, 5.74) is 4.46. The number of nitrogens with zero attached hydrogens (tertiary/aromatic N) is 3. The van der Waals surface area contributed by atoms with Gasteiger partial charge in [-0.1, -0.05) is 17.7 Å². The second-order valence-corrected chi connectivity index (χ2v) is 8.17. The molecule has 0 aliphatic carbocycles. The maximum atomic E-state index is 12.9. The third-order valence-electron chi connectivity index (χ3n) is 5.79. The molecule has 1 fully saturated rings. The van der Waals surface area contributed by atoms with Crippen molar-refractivity contribution in [2.45, 2.75) is 6.54 Å². The van der Waals surface area contributed by atoms with Crippen LogP contribution in [0.5, 0.6) is 5.75 Å². The standard InChI is InChI=1S/C24H23ClN4O3/c1-31-22-11-18(25)3-2-17(22)15-29-5-4-16(10-23(29)30)21-14-27-24-20(21)12-19(13-26-24)28-6-8-32-9-7-28/h2-5,10-14H,6-9,15H2,1H3,(H,26,27). The van der Waals surface area contributed by atoms with Crippen molar-refractivity contribution in [3.8, 4) is 16.9 Å². The predicted octanol–water partition coefficient (Wildman–Crippen LogP) is 3.94. The fraction of sp³-hybridized carbons (Fsp3) is 0.250. The van der Waals surface area contributed by atoms with Crippen LogP contribution in [-0.4, -0.2) is 47.9 Å². The van der Waals surface area contributed by atoms with Crippen LogP contribution in [0.1, 0.15) is 5.56 Å². The molecular weight excluding hydrogens is 428 g/mol. The van der Waals surface area contributed by atoms with Crippen LogP contribution in [0.25, 0.3) is 22.2 Å². The molecule has 7 nitrogen and oxygen atoms in total. The zero-order chi connectivity index (χ0) is 22.1. The van der Waals surface area contributed by atoms with Crippen LogP contribution < -0.4 is 15.2 Å². The molecule has 0 spiro atoms. The number of morpholine rings is 1. The van der Waals surface area contributed by atoms with Gasteiger partial charge in [-0.25, -0.2) is 4.98 Å². The molecule has 0 amide bonds. The minimum Gasteiger partial charge on any atom is -0.496 e. The van der Waals surface area contributed by atoms with E-state index in [1.165, 1.54) is 0 Å². The Hall–Kier alpha value is -3.29. The Morgan fingerprint density at radius 2 is 2.03 bits per heavy atom. The van der Waals surface area contributed by atoms with Crippen LogP contribution in [0, 0.1) is 0 Å². The Labute approximate surface area is 190 Å². The first-order valence-electron chi connectivity index (χ1n) is 10.5. The molecule has 1 aliphatic rings. The Balaban J connectivity index is 1.47. The summed E-state index contributed by atoms with van der Waals surface area (Å²) in [6.45, 7) is 3.52. The number of aromatic nitrogens is 3. The number of methoxy groups -OCH3 is 1. The van der Waals surface area contributed by atoms with E-state index in [-0.39, 0.29) is 5.56 Å². The molecule has 1 saturated heterocycles. The lowest BCUT2D eigenvalue weighted by Gasteiger charge is -2.28. The van der Waals surface area contributed by atoms with E-state index < -0.39 is 0 Å². The van der Waals surface area contributed by atoms with Crippen molar-refractivity contribution < 1.29 is 9.47 Å². The Bertz CT molecular complexity index is 1320. The van der Waals surface area contributed by atoms with Crippen LogP contribution in [-0.2, 0) is 11.3 Å². The summed E-state index contributed by atoms with van der Waals surface area (Å²) in [6.07, 6.45) is 5.59. The molecule has 32 heavy (non-hydrogen) atoms. The number of rotatable bonds is 5. The molecule has 5 rings (SSSR count). The van der Waals surface area contributed by atoms with Crippen molar-refractivity contribution in [1.82, 2.24) is 14.5 Å². The van der Waals surface area contributed by atoms with Gasteiger partial charge in [0.1, 0.15) is 11.4 Å². The van der Waals surface area contributed by atoms with Gasteiger partial charge in [-0.3, -0.25) is 4.79 Å². The third kappa shape index (κ3) is 3.97. The topological polar surface area (TPSA) is 72.4 Å². The molecule has 3 aromatic heterocycles. The number of H-pyrrole nitrogens is 1. The molecule has 4 aromatic rings. The van der Waals surface area contributed by atoms with Gasteiger partial charge in [0.2, 0.25) is 0 Å². The molecule has 0 saturated carbocycles. The van der Waals surface area contributed by atoms with Crippen molar-refractivity contribution in [3.05, 3.63) is 75.9 Å². The van der Waals surface area contributed by atoms with E-state index in [2.05, 4.69) is 20.9 Å². The Kier molecular flexibility index (Phi) is 5.59. The molecule has 164 valence electrons. The normalized spacial score (nSPS) is 14.1. The van der Waals surface area contributed by atoms with Gasteiger partial charge in [0, 0.05) is 53.1 Å². The summed E-state index contributed by atoms with van der Waals surface area (Å²) in [6, 6.07) is 11.2. The van der Waals surface area contributed by atoms with Crippen molar-refractivity contribution in [2.24, 2.45) is 0 Å². The van der Waals surface area contributed by atoms with E-state index in [0.29, 0.717) is 30.5 Å². The number of fused-ring (bicyclic) bond motifs is 1. The Morgan fingerprint density at radius 1 is 1.19 bits per heavy atom. The van der Waals surface area contributed by atoms with Gasteiger partial charge in [0.15, 0.2) is 0 Å². The van der Waals surface area contributed by atoms with Crippen LogP contribution >= 0.6 is 11.6 Å². The van der Waals surface area contributed by atoms with E-state index in [4.69, 9.17) is 21.1 Å². The fourth-order valence-electron chi connectivity index (χ4n) is 4.06. The highest BCUT2D eigenvalue weighted by Gasteiger charge is 2.15. The lowest BCUT2D eigenvalue weighted by atomic mass is 10.1. The first kappa shape index (κ1) is 20.6. The highest BCUT2D eigenvalue weighted by molar-refractivity contribution is 6.30. The number of nitrogens with one attached hydrogen (secondary N) is 1. The van der Waals surface area contributed by atoms with E-state index in [0.717, 1.165) is 46.5 Å². The maximum Gasteiger partial charge on any atom is 0.251 e. The van der Waals surface area contributed by atoms with Gasteiger partial charge >= 0.3 is 0 Å². The number of hydrogen-bond acceptors (Lipinski definition) is 5. The fourth-order valence-corrected chi connectivity index (χ4v) is 4.23. The summed E-state index contributed by atoms with van der Waals surface area (Å²) >= 11 is 6.05. The van der Waals surface area contributed by atoms with Gasteiger partial charge in [0.25, 0.3) is 5.56 Å². The molecule has 0 unspecified atom stereocenters. The average Bonchev–Trinajstić information content (AvgIpc) is 3.25. The molecule has 1 aromatic carbocycles. The molecule has 0 radical (unpaired) electrons. The summed E-state index contributed by atoms with van der Waals surface area (Å²) in [5.74, 6) is 0.659. The summed E-state index contributed by atoms with van der Waals surface area (Å²) in [7, 11) is 1.59. The van der Waals surface area contributed by atoms with E-state index >= 15 is 0 Å². The summed E-state index contributed by atoms with van der Waals surface area (Å²) < 4.78 is 12.5. The Morgan fingerprint density at radius 3 is 2.81 bits per heavy atom. The highest BCUT2D eigenvalue weighted by atomic mass is 35.5. The van der Waals surface area contributed by atoms with Crippen molar-refractivity contribution >= 4 is 28.3 Å². The molecule has 0 bridgehead atoms. The number of pyridine rings is 2. The predicted molar refractivity (Wildman–Crippen MR) is 126 cm³/mol. The number of halogens is 1. The SMILES string of the molecule is COc1cc(Cl)ccc1Cn1ccc(-c2c[nH]c3ncc(N4CCOCC4)cc23)cc1=O. The van der Waals surface area contributed by atoms with Crippen molar-refractivity contribution in [2.75, 3.05) is 38.3 Å². The zero-order valence-corrected chi connectivity index (χ0v) is 18.4. The zero-order valence-electron chi connectivity index (χ0n) is 17.7. The molecular formula is C24H23ClN4O3. The smallest absolute Gasteiger partial charge is 0.251 e. The number of anilines is 1. The second-order valence-electron chi connectivity index (χ2n) is 7.73. The van der Waals surface area contributed by atoms with Crippen LogP contribution in [0.15, 0.2) is 59.8 Å². The van der Waals surface area contributed by atoms with Gasteiger partial charge in [-0.15, -0.1) is 0 Å². The van der Waals surface area contributed by atoms with Crippen LogP contribution in [0.2, 0.25) is 5.02 Å². The molecule has 0 atom stereocenters. The number of ether oxygens (including phenoxy) is 2. The molecule has 4 heterocycles. The quantitative estimate of drug-likeness (QED) is 0.498. The van der Waals surface area contributed by atoms with E-state index in [9.17, 15) is 4.79 Å². The highest BCUT2D eigenvalue weighted by Crippen LogP contribution is 2.30. The molecule has 8 heteroatoms. The summed E-state index contributed by atoms with van der Waals surface area (Å²) in [5, 5.41) is 1.59. The van der Waals surface area contributed by atoms with E-state index in [1.807, 2.05) is 30.7 Å². The van der Waals surface area contributed by atoms with Crippen LogP contribution in [0.4, 0.5) is 5.69 Å². The van der Waals surface area contributed by atoms with Gasteiger partial charge in [-0.05, 0) is 29.8 Å². The van der Waals surface area contributed by atoms with Crippen LogP contribution in [0.3, 0.4) is 0 Å². The maximum absolute atomic E-state index is 12.9. The minimum absolute atomic E-state index is 0.0915. The summed E-state index contributed by atoms with van der Waals surface area (Å²) in [4.78, 5) is 23.0. The largest absolute Gasteiger partial charge is 0.496 e. The molecule has 1 N–H and O–H groups in total. The lowest BCUT2D eigenvalue weighted by Crippen LogP contribution is -2.36. The van der Waals surface area contributed by atoms with Gasteiger partial charge < -0.3 is 23.9 Å². The number of aromatic amines is 1. The third-order valence-corrected chi connectivity index (χ3v) is 6.02. The van der Waals surface area contributed by atoms with Crippen molar-refractivity contribution in [1.29, 1.82) is 0 Å². The second kappa shape index (κ2) is 8.68. The average molecular weight is 451 g/mol. The number of benzene rings is 1. The first-order chi connectivity index (χ1) is 15.6. The number of hydrogen-bond donors (Lipinski definition) is 1. The monoisotopic (exact) mass is 450 g/mol.